The van der Waals surface area contributed by atoms with Gasteiger partial charge in [-0.2, -0.15) is 0 Å². The molecule has 17 heavy (non-hydrogen) atoms. The van der Waals surface area contributed by atoms with Gasteiger partial charge in [0.05, 0.1) is 6.54 Å². The van der Waals surface area contributed by atoms with Crippen LogP contribution in [0, 0.1) is 0 Å². The Kier molecular flexibility index (Phi) is 5.45. The number of unbranched alkanes of at least 4 members (excludes halogenated alkanes) is 1. The minimum absolute atomic E-state index is 0.0334. The number of carbonyl (C=O) groups excluding carboxylic acids is 2. The number of hydrogen-bond donors (Lipinski definition) is 2. The summed E-state index contributed by atoms with van der Waals surface area (Å²) in [6, 6.07) is 0. The molecule has 0 unspecified atom stereocenters. The number of hydrogen-bond acceptors (Lipinski definition) is 3. The minimum Gasteiger partial charge on any atom is -0.481 e. The summed E-state index contributed by atoms with van der Waals surface area (Å²) >= 11 is 0. The monoisotopic (exact) mass is 242 g/mol. The van der Waals surface area contributed by atoms with E-state index in [-0.39, 0.29) is 24.8 Å². The SMILES string of the molecule is O=C(O)CCCCNC(=O)CN1CCCC1=O. The van der Waals surface area contributed by atoms with Gasteiger partial charge in [0.2, 0.25) is 11.8 Å². The van der Waals surface area contributed by atoms with Crippen LogP contribution >= 0.6 is 0 Å². The molecule has 6 nitrogen and oxygen atoms in total. The van der Waals surface area contributed by atoms with Crippen molar-refractivity contribution < 1.29 is 19.5 Å². The number of rotatable bonds is 7. The number of nitrogens with zero attached hydrogens (tertiary/aromatic N) is 1. The number of likely N-dealkylation sites (tertiary alicyclic amines) is 1. The molecule has 1 heterocycles. The minimum atomic E-state index is -0.820. The van der Waals surface area contributed by atoms with Gasteiger partial charge in [0, 0.05) is 25.9 Å². The quantitative estimate of drug-likeness (QED) is 0.614. The molecule has 0 aliphatic carbocycles. The lowest BCUT2D eigenvalue weighted by molar-refractivity contribution is -0.137. The molecule has 0 spiro atoms. The lowest BCUT2D eigenvalue weighted by Crippen LogP contribution is -2.38. The number of carbonyl (C=O) groups is 3. The van der Waals surface area contributed by atoms with E-state index in [4.69, 9.17) is 5.11 Å². The van der Waals surface area contributed by atoms with Crippen molar-refractivity contribution in [3.8, 4) is 0 Å². The second kappa shape index (κ2) is 6.88. The zero-order valence-electron chi connectivity index (χ0n) is 9.78. The van der Waals surface area contributed by atoms with Crippen LogP contribution in [-0.2, 0) is 14.4 Å². The summed E-state index contributed by atoms with van der Waals surface area (Å²) in [6.07, 6.45) is 2.68. The van der Waals surface area contributed by atoms with E-state index in [1.165, 1.54) is 0 Å². The molecule has 96 valence electrons. The second-order valence-electron chi connectivity index (χ2n) is 4.12. The molecule has 2 amide bonds. The first-order valence-corrected chi connectivity index (χ1v) is 5.86. The van der Waals surface area contributed by atoms with Crippen molar-refractivity contribution in [2.45, 2.75) is 32.1 Å². The third-order valence-corrected chi connectivity index (χ3v) is 2.65. The third kappa shape index (κ3) is 5.33. The molecule has 0 aromatic heterocycles. The summed E-state index contributed by atoms with van der Waals surface area (Å²) in [5.41, 5.74) is 0. The van der Waals surface area contributed by atoms with Gasteiger partial charge in [0.15, 0.2) is 0 Å². The lowest BCUT2D eigenvalue weighted by atomic mass is 10.2. The summed E-state index contributed by atoms with van der Waals surface area (Å²) in [5.74, 6) is -0.958. The maximum atomic E-state index is 11.4. The number of nitrogens with one attached hydrogen (secondary N) is 1. The predicted molar refractivity (Wildman–Crippen MR) is 60.3 cm³/mol. The fourth-order valence-electron chi connectivity index (χ4n) is 1.73. The smallest absolute Gasteiger partial charge is 0.303 e. The predicted octanol–water partition coefficient (Wildman–Crippen LogP) is -0.0201. The van der Waals surface area contributed by atoms with E-state index >= 15 is 0 Å². The molecule has 1 rings (SSSR count). The Morgan fingerprint density at radius 3 is 2.71 bits per heavy atom. The fraction of sp³-hybridized carbons (Fsp3) is 0.727. The molecule has 1 fully saturated rings. The van der Waals surface area contributed by atoms with Crippen molar-refractivity contribution in [3.63, 3.8) is 0 Å². The molecular weight excluding hydrogens is 224 g/mol. The summed E-state index contributed by atoms with van der Waals surface area (Å²) in [5, 5.41) is 11.1. The Balaban J connectivity index is 2.05. The molecule has 0 bridgehead atoms. The zero-order chi connectivity index (χ0) is 12.7. The lowest BCUT2D eigenvalue weighted by Gasteiger charge is -2.14. The highest BCUT2D eigenvalue weighted by Crippen LogP contribution is 2.08. The van der Waals surface area contributed by atoms with E-state index in [2.05, 4.69) is 5.32 Å². The summed E-state index contributed by atoms with van der Waals surface area (Å²) < 4.78 is 0. The normalized spacial score (nSPS) is 15.1. The van der Waals surface area contributed by atoms with Gasteiger partial charge in [-0.05, 0) is 19.3 Å². The second-order valence-corrected chi connectivity index (χ2v) is 4.12. The maximum absolute atomic E-state index is 11.4. The molecule has 1 aliphatic heterocycles. The van der Waals surface area contributed by atoms with Crippen LogP contribution in [0.4, 0.5) is 0 Å². The Morgan fingerprint density at radius 2 is 2.12 bits per heavy atom. The molecule has 0 aromatic carbocycles. The first kappa shape index (κ1) is 13.5. The van der Waals surface area contributed by atoms with E-state index in [0.717, 1.165) is 6.42 Å². The van der Waals surface area contributed by atoms with Gasteiger partial charge in [-0.25, -0.2) is 0 Å². The van der Waals surface area contributed by atoms with Crippen LogP contribution in [0.25, 0.3) is 0 Å². The topological polar surface area (TPSA) is 86.7 Å². The van der Waals surface area contributed by atoms with Gasteiger partial charge in [-0.15, -0.1) is 0 Å². The number of carboxylic acids is 1. The molecule has 0 radical (unpaired) electrons. The van der Waals surface area contributed by atoms with Crippen LogP contribution in [-0.4, -0.2) is 47.4 Å². The van der Waals surface area contributed by atoms with Crippen LogP contribution in [0.2, 0.25) is 0 Å². The molecule has 0 atom stereocenters. The van der Waals surface area contributed by atoms with E-state index < -0.39 is 5.97 Å². The van der Waals surface area contributed by atoms with Crippen molar-refractivity contribution in [3.05, 3.63) is 0 Å². The van der Waals surface area contributed by atoms with Crippen molar-refractivity contribution in [2.75, 3.05) is 19.6 Å². The van der Waals surface area contributed by atoms with Crippen molar-refractivity contribution >= 4 is 17.8 Å². The molecule has 0 saturated carbocycles. The van der Waals surface area contributed by atoms with Gasteiger partial charge >= 0.3 is 5.97 Å². The number of amides is 2. The van der Waals surface area contributed by atoms with Crippen LogP contribution in [0.15, 0.2) is 0 Å². The van der Waals surface area contributed by atoms with Gasteiger partial charge in [0.25, 0.3) is 0 Å². The van der Waals surface area contributed by atoms with E-state index in [0.29, 0.717) is 32.4 Å². The highest BCUT2D eigenvalue weighted by molar-refractivity contribution is 5.85. The zero-order valence-corrected chi connectivity index (χ0v) is 9.78. The van der Waals surface area contributed by atoms with Gasteiger partial charge in [0.1, 0.15) is 0 Å². The summed E-state index contributed by atoms with van der Waals surface area (Å²) in [7, 11) is 0. The van der Waals surface area contributed by atoms with Gasteiger partial charge in [-0.1, -0.05) is 0 Å². The van der Waals surface area contributed by atoms with Crippen LogP contribution < -0.4 is 5.32 Å². The molecule has 2 N–H and O–H groups in total. The fourth-order valence-corrected chi connectivity index (χ4v) is 1.73. The molecular formula is C11H18N2O4. The standard InChI is InChI=1S/C11H18N2O4/c14-9(8-13-7-3-4-10(13)15)12-6-2-1-5-11(16)17/h1-8H2,(H,12,14)(H,16,17). The molecule has 6 heteroatoms. The average Bonchev–Trinajstić information content (AvgIpc) is 2.63. The van der Waals surface area contributed by atoms with E-state index in [9.17, 15) is 14.4 Å². The van der Waals surface area contributed by atoms with E-state index in [1.54, 1.807) is 4.90 Å². The van der Waals surface area contributed by atoms with Crippen LogP contribution in [0.1, 0.15) is 32.1 Å². The summed E-state index contributed by atoms with van der Waals surface area (Å²) in [6.45, 7) is 1.25. The Hall–Kier alpha value is -1.59. The Labute approximate surface area is 100.0 Å². The van der Waals surface area contributed by atoms with Crippen LogP contribution in [0.5, 0.6) is 0 Å². The van der Waals surface area contributed by atoms with Gasteiger partial charge < -0.3 is 15.3 Å². The first-order chi connectivity index (χ1) is 8.09. The van der Waals surface area contributed by atoms with Crippen LogP contribution in [0.3, 0.4) is 0 Å². The van der Waals surface area contributed by atoms with Gasteiger partial charge in [-0.3, -0.25) is 14.4 Å². The maximum Gasteiger partial charge on any atom is 0.303 e. The Morgan fingerprint density at radius 1 is 1.35 bits per heavy atom. The number of aliphatic carboxylic acids is 1. The Bertz CT molecular complexity index is 304. The molecule has 1 aliphatic rings. The third-order valence-electron chi connectivity index (χ3n) is 2.65. The first-order valence-electron chi connectivity index (χ1n) is 5.86. The average molecular weight is 242 g/mol. The summed E-state index contributed by atoms with van der Waals surface area (Å²) in [4.78, 5) is 34.4. The highest BCUT2D eigenvalue weighted by atomic mass is 16.4. The highest BCUT2D eigenvalue weighted by Gasteiger charge is 2.21. The van der Waals surface area contributed by atoms with E-state index in [1.807, 2.05) is 0 Å². The van der Waals surface area contributed by atoms with Crippen molar-refractivity contribution in [1.82, 2.24) is 10.2 Å². The van der Waals surface area contributed by atoms with Crippen molar-refractivity contribution in [1.29, 1.82) is 0 Å². The largest absolute Gasteiger partial charge is 0.481 e. The molecule has 1 saturated heterocycles. The molecule has 0 aromatic rings. The number of carboxylic acid groups (broad SMARTS) is 1. The van der Waals surface area contributed by atoms with Crippen molar-refractivity contribution in [2.24, 2.45) is 0 Å².